The molecule has 0 aliphatic heterocycles. The molecule has 0 aliphatic carbocycles. The lowest BCUT2D eigenvalue weighted by atomic mass is 10.2. The van der Waals surface area contributed by atoms with Crippen molar-refractivity contribution in [1.82, 2.24) is 0 Å². The molecule has 76 valence electrons. The van der Waals surface area contributed by atoms with E-state index in [9.17, 15) is 5.11 Å². The Kier molecular flexibility index (Phi) is 3.98. The average molecular weight is 192 g/mol. The monoisotopic (exact) mass is 192 g/mol. The third-order valence-corrected chi connectivity index (χ3v) is 1.78. The van der Waals surface area contributed by atoms with E-state index in [0.717, 1.165) is 12.2 Å². The summed E-state index contributed by atoms with van der Waals surface area (Å²) in [7, 11) is 1.49. The largest absolute Gasteiger partial charge is 0.859 e. The zero-order chi connectivity index (χ0) is 10.4. The van der Waals surface area contributed by atoms with Gasteiger partial charge < -0.3 is 14.8 Å². The van der Waals surface area contributed by atoms with Gasteiger partial charge in [0.25, 0.3) is 0 Å². The van der Waals surface area contributed by atoms with Gasteiger partial charge in [-0.05, 0) is 30.0 Å². The van der Waals surface area contributed by atoms with Crippen molar-refractivity contribution in [3.63, 3.8) is 0 Å². The van der Waals surface area contributed by atoms with Crippen LogP contribution in [0.2, 0.25) is 0 Å². The highest BCUT2D eigenvalue weighted by molar-refractivity contribution is 5.90. The fraction of sp³-hybridized carbons (Fsp3) is 0.364. The highest BCUT2D eigenvalue weighted by atomic mass is 16.5. The van der Waals surface area contributed by atoms with Crippen LogP contribution in [-0.2, 0) is 0 Å². The summed E-state index contributed by atoms with van der Waals surface area (Å²) in [6.45, 7) is 2.75. The Labute approximate surface area is 84.1 Å². The SMILES string of the molecule is CCCOc1ccc(C([O-])=NC)cc1. The second-order valence-electron chi connectivity index (χ2n) is 2.90. The molecule has 0 atom stereocenters. The molecule has 0 fully saturated rings. The molecule has 0 radical (unpaired) electrons. The number of hydrogen-bond acceptors (Lipinski definition) is 3. The highest BCUT2D eigenvalue weighted by Crippen LogP contribution is 2.11. The van der Waals surface area contributed by atoms with Crippen molar-refractivity contribution in [3.05, 3.63) is 29.8 Å². The molecule has 0 aliphatic rings. The predicted octanol–water partition coefficient (Wildman–Crippen LogP) is 1.21. The first kappa shape index (κ1) is 10.6. The van der Waals surface area contributed by atoms with Crippen molar-refractivity contribution in [2.45, 2.75) is 13.3 Å². The highest BCUT2D eigenvalue weighted by Gasteiger charge is 1.94. The first-order valence-corrected chi connectivity index (χ1v) is 4.65. The standard InChI is InChI=1S/C11H15NO2/c1-3-8-14-10-6-4-9(5-7-10)11(13)12-2/h4-7H,3,8H2,1-2H3,(H,12,13)/p-1. The van der Waals surface area contributed by atoms with Crippen molar-refractivity contribution in [1.29, 1.82) is 0 Å². The van der Waals surface area contributed by atoms with E-state index in [-0.39, 0.29) is 5.90 Å². The topological polar surface area (TPSA) is 44.6 Å². The lowest BCUT2D eigenvalue weighted by Crippen LogP contribution is -2.18. The molecule has 1 aromatic rings. The van der Waals surface area contributed by atoms with Gasteiger partial charge in [-0.2, -0.15) is 0 Å². The molecule has 0 bridgehead atoms. The molecule has 14 heavy (non-hydrogen) atoms. The van der Waals surface area contributed by atoms with Crippen molar-refractivity contribution < 1.29 is 9.84 Å². The van der Waals surface area contributed by atoms with Gasteiger partial charge in [0.15, 0.2) is 0 Å². The van der Waals surface area contributed by atoms with Crippen LogP contribution in [0.5, 0.6) is 5.75 Å². The minimum Gasteiger partial charge on any atom is -0.859 e. The molecule has 3 nitrogen and oxygen atoms in total. The molecular weight excluding hydrogens is 178 g/mol. The predicted molar refractivity (Wildman–Crippen MR) is 54.7 cm³/mol. The summed E-state index contributed by atoms with van der Waals surface area (Å²) in [4.78, 5) is 3.57. The summed E-state index contributed by atoms with van der Waals surface area (Å²) in [5, 5.41) is 11.1. The zero-order valence-electron chi connectivity index (χ0n) is 8.49. The molecule has 0 spiro atoms. The van der Waals surface area contributed by atoms with Gasteiger partial charge in [0.1, 0.15) is 5.75 Å². The maximum Gasteiger partial charge on any atom is 0.119 e. The van der Waals surface area contributed by atoms with Crippen LogP contribution in [0, 0.1) is 0 Å². The van der Waals surface area contributed by atoms with E-state index in [4.69, 9.17) is 4.74 Å². The smallest absolute Gasteiger partial charge is 0.119 e. The summed E-state index contributed by atoms with van der Waals surface area (Å²) in [5.74, 6) is 0.589. The average Bonchev–Trinajstić information content (AvgIpc) is 2.26. The minimum atomic E-state index is -0.202. The summed E-state index contributed by atoms with van der Waals surface area (Å²) in [5.41, 5.74) is 0.594. The fourth-order valence-electron chi connectivity index (χ4n) is 1.04. The molecule has 1 rings (SSSR count). The van der Waals surface area contributed by atoms with Crippen LogP contribution >= 0.6 is 0 Å². The first-order chi connectivity index (χ1) is 6.77. The maximum atomic E-state index is 11.1. The Morgan fingerprint density at radius 2 is 2.00 bits per heavy atom. The van der Waals surface area contributed by atoms with Gasteiger partial charge in [-0.25, -0.2) is 0 Å². The third kappa shape index (κ3) is 2.76. The second kappa shape index (κ2) is 5.27. The molecule has 0 N–H and O–H groups in total. The van der Waals surface area contributed by atoms with Crippen LogP contribution in [0.15, 0.2) is 29.3 Å². The minimum absolute atomic E-state index is 0.202. The molecule has 0 unspecified atom stereocenters. The van der Waals surface area contributed by atoms with Crippen LogP contribution < -0.4 is 9.84 Å². The molecule has 1 aromatic carbocycles. The number of nitrogens with zero attached hydrogens (tertiary/aromatic N) is 1. The summed E-state index contributed by atoms with van der Waals surface area (Å²) in [6.07, 6.45) is 0.977. The normalized spacial score (nSPS) is 11.4. The van der Waals surface area contributed by atoms with E-state index in [1.807, 2.05) is 6.92 Å². The fourth-order valence-corrected chi connectivity index (χ4v) is 1.04. The lowest BCUT2D eigenvalue weighted by molar-refractivity contribution is -0.213. The summed E-state index contributed by atoms with van der Waals surface area (Å²) in [6, 6.07) is 7.02. The second-order valence-corrected chi connectivity index (χ2v) is 2.90. The number of rotatable bonds is 4. The number of ether oxygens (including phenoxy) is 1. The molecule has 0 amide bonds. The zero-order valence-corrected chi connectivity index (χ0v) is 8.49. The van der Waals surface area contributed by atoms with Crippen LogP contribution in [0.25, 0.3) is 0 Å². The van der Waals surface area contributed by atoms with Gasteiger partial charge in [-0.1, -0.05) is 19.1 Å². The maximum absolute atomic E-state index is 11.1. The van der Waals surface area contributed by atoms with Gasteiger partial charge >= 0.3 is 0 Å². The van der Waals surface area contributed by atoms with Crippen LogP contribution in [0.1, 0.15) is 18.9 Å². The first-order valence-electron chi connectivity index (χ1n) is 4.65. The third-order valence-electron chi connectivity index (χ3n) is 1.78. The Morgan fingerprint density at radius 3 is 2.50 bits per heavy atom. The molecule has 0 saturated heterocycles. The molecule has 0 heterocycles. The van der Waals surface area contributed by atoms with E-state index in [2.05, 4.69) is 4.99 Å². The number of benzene rings is 1. The summed E-state index contributed by atoms with van der Waals surface area (Å²) >= 11 is 0. The number of aliphatic imine (C=N–C) groups is 1. The molecule has 0 saturated carbocycles. The van der Waals surface area contributed by atoms with Crippen LogP contribution in [0.4, 0.5) is 0 Å². The van der Waals surface area contributed by atoms with Crippen molar-refractivity contribution in [2.75, 3.05) is 13.7 Å². The summed E-state index contributed by atoms with van der Waals surface area (Å²) < 4.78 is 5.38. The lowest BCUT2D eigenvalue weighted by Gasteiger charge is -2.10. The van der Waals surface area contributed by atoms with Crippen molar-refractivity contribution in [3.8, 4) is 5.75 Å². The van der Waals surface area contributed by atoms with E-state index < -0.39 is 0 Å². The molecule has 3 heteroatoms. The van der Waals surface area contributed by atoms with Crippen LogP contribution in [-0.4, -0.2) is 19.6 Å². The van der Waals surface area contributed by atoms with Gasteiger partial charge in [-0.3, -0.25) is 0 Å². The Balaban J connectivity index is 2.68. The number of hydrogen-bond donors (Lipinski definition) is 0. The Hall–Kier alpha value is -1.51. The van der Waals surface area contributed by atoms with E-state index in [1.54, 1.807) is 24.3 Å². The van der Waals surface area contributed by atoms with E-state index >= 15 is 0 Å². The van der Waals surface area contributed by atoms with Gasteiger partial charge in [-0.15, -0.1) is 0 Å². The Bertz CT molecular complexity index is 304. The van der Waals surface area contributed by atoms with Gasteiger partial charge in [0.05, 0.1) is 6.61 Å². The van der Waals surface area contributed by atoms with Crippen molar-refractivity contribution >= 4 is 5.90 Å². The van der Waals surface area contributed by atoms with Crippen LogP contribution in [0.3, 0.4) is 0 Å². The van der Waals surface area contributed by atoms with E-state index in [1.165, 1.54) is 7.05 Å². The van der Waals surface area contributed by atoms with Gasteiger partial charge in [0, 0.05) is 7.05 Å². The molecule has 0 aromatic heterocycles. The van der Waals surface area contributed by atoms with Gasteiger partial charge in [0.2, 0.25) is 0 Å². The Morgan fingerprint density at radius 1 is 1.36 bits per heavy atom. The molecular formula is C11H14NO2-. The van der Waals surface area contributed by atoms with E-state index in [0.29, 0.717) is 12.2 Å². The van der Waals surface area contributed by atoms with Crippen molar-refractivity contribution in [2.24, 2.45) is 4.99 Å². The quantitative estimate of drug-likeness (QED) is 0.531.